The van der Waals surface area contributed by atoms with Crippen LogP contribution in [0.4, 0.5) is 14.5 Å². The lowest BCUT2D eigenvalue weighted by atomic mass is 10.0. The monoisotopic (exact) mass is 496 g/mol. The Labute approximate surface area is 183 Å². The van der Waals surface area contributed by atoms with Crippen molar-refractivity contribution in [2.24, 2.45) is 0 Å². The van der Waals surface area contributed by atoms with Gasteiger partial charge in [-0.2, -0.15) is 0 Å². The minimum absolute atomic E-state index is 0. The summed E-state index contributed by atoms with van der Waals surface area (Å²) in [6, 6.07) is 12.3. The van der Waals surface area contributed by atoms with Gasteiger partial charge in [-0.15, -0.1) is 0 Å². The molecule has 3 N–H and O–H groups in total. The maximum absolute atomic E-state index is 13.9. The molecule has 0 aliphatic heterocycles. The molecular weight excluding hydrogens is 478 g/mol. The van der Waals surface area contributed by atoms with Crippen molar-refractivity contribution in [3.05, 3.63) is 88.2 Å². The SMILES string of the molecule is O.O=C(CCc1cccnc1)Cc1ccc(NS(=O)c2c(F)cc(F)cc2Br)cc1. The number of ketones is 1. The summed E-state index contributed by atoms with van der Waals surface area (Å²) < 4.78 is 42.3. The molecule has 5 nitrogen and oxygen atoms in total. The fraction of sp³-hybridized carbons (Fsp3) is 0.143. The second-order valence-electron chi connectivity index (χ2n) is 6.34. The molecule has 158 valence electrons. The first-order chi connectivity index (χ1) is 13.9. The maximum Gasteiger partial charge on any atom is 0.154 e. The van der Waals surface area contributed by atoms with Gasteiger partial charge in [0, 0.05) is 41.5 Å². The summed E-state index contributed by atoms with van der Waals surface area (Å²) in [5.41, 5.74) is 2.33. The van der Waals surface area contributed by atoms with Crippen LogP contribution in [-0.2, 0) is 28.6 Å². The lowest BCUT2D eigenvalue weighted by Gasteiger charge is -2.10. The molecule has 0 bridgehead atoms. The van der Waals surface area contributed by atoms with Crippen LogP contribution in [0.2, 0.25) is 0 Å². The molecule has 1 atom stereocenters. The number of benzene rings is 2. The molecule has 3 aromatic rings. The third-order valence-corrected chi connectivity index (χ3v) is 6.22. The smallest absolute Gasteiger partial charge is 0.154 e. The van der Waals surface area contributed by atoms with Crippen LogP contribution in [0.1, 0.15) is 17.5 Å². The fourth-order valence-corrected chi connectivity index (χ4v) is 4.47. The normalized spacial score (nSPS) is 11.4. The highest BCUT2D eigenvalue weighted by Gasteiger charge is 2.16. The van der Waals surface area contributed by atoms with E-state index in [2.05, 4.69) is 25.6 Å². The number of aryl methyl sites for hydroxylation is 1. The van der Waals surface area contributed by atoms with Crippen molar-refractivity contribution in [2.75, 3.05) is 4.72 Å². The highest BCUT2D eigenvalue weighted by molar-refractivity contribution is 9.10. The molecule has 1 heterocycles. The van der Waals surface area contributed by atoms with E-state index in [1.165, 1.54) is 0 Å². The molecule has 1 aromatic heterocycles. The van der Waals surface area contributed by atoms with Crippen molar-refractivity contribution >= 4 is 38.4 Å². The Morgan fingerprint density at radius 1 is 1.10 bits per heavy atom. The third-order valence-electron chi connectivity index (χ3n) is 4.13. The molecule has 0 spiro atoms. The number of Topliss-reactive ketones (excluding diaryl/α,β-unsaturated/α-hetero) is 1. The largest absolute Gasteiger partial charge is 0.412 e. The molecule has 30 heavy (non-hydrogen) atoms. The van der Waals surface area contributed by atoms with E-state index < -0.39 is 22.6 Å². The molecule has 2 aromatic carbocycles. The number of hydrogen-bond donors (Lipinski definition) is 1. The Morgan fingerprint density at radius 2 is 1.83 bits per heavy atom. The summed E-state index contributed by atoms with van der Waals surface area (Å²) in [5.74, 6) is -1.55. The van der Waals surface area contributed by atoms with Crippen LogP contribution < -0.4 is 4.72 Å². The number of pyridine rings is 1. The third kappa shape index (κ3) is 6.51. The topological polar surface area (TPSA) is 90.6 Å². The minimum atomic E-state index is -1.92. The minimum Gasteiger partial charge on any atom is -0.412 e. The van der Waals surface area contributed by atoms with E-state index in [1.54, 1.807) is 36.7 Å². The number of aromatic nitrogens is 1. The lowest BCUT2D eigenvalue weighted by molar-refractivity contribution is -0.118. The van der Waals surface area contributed by atoms with E-state index >= 15 is 0 Å². The van der Waals surface area contributed by atoms with E-state index in [1.807, 2.05) is 12.1 Å². The van der Waals surface area contributed by atoms with Crippen LogP contribution in [0.25, 0.3) is 0 Å². The summed E-state index contributed by atoms with van der Waals surface area (Å²) in [5, 5.41) is 0. The van der Waals surface area contributed by atoms with Crippen LogP contribution in [0.15, 0.2) is 70.3 Å². The quantitative estimate of drug-likeness (QED) is 0.507. The van der Waals surface area contributed by atoms with Crippen LogP contribution >= 0.6 is 15.9 Å². The van der Waals surface area contributed by atoms with Gasteiger partial charge in [-0.1, -0.05) is 18.2 Å². The molecule has 9 heteroatoms. The zero-order chi connectivity index (χ0) is 20.8. The second-order valence-corrected chi connectivity index (χ2v) is 8.35. The van der Waals surface area contributed by atoms with Crippen molar-refractivity contribution in [1.82, 2.24) is 4.98 Å². The number of hydrogen-bond acceptors (Lipinski definition) is 3. The van der Waals surface area contributed by atoms with E-state index in [0.717, 1.165) is 17.2 Å². The van der Waals surface area contributed by atoms with Gasteiger partial charge in [0.05, 0.1) is 0 Å². The van der Waals surface area contributed by atoms with E-state index in [4.69, 9.17) is 0 Å². The Morgan fingerprint density at radius 3 is 2.47 bits per heavy atom. The van der Waals surface area contributed by atoms with Crippen molar-refractivity contribution < 1.29 is 23.3 Å². The van der Waals surface area contributed by atoms with Gasteiger partial charge in [0.2, 0.25) is 0 Å². The molecule has 0 saturated carbocycles. The van der Waals surface area contributed by atoms with E-state index in [9.17, 15) is 17.8 Å². The van der Waals surface area contributed by atoms with E-state index in [0.29, 0.717) is 31.0 Å². The first kappa shape index (κ1) is 23.8. The molecule has 1 unspecified atom stereocenters. The van der Waals surface area contributed by atoms with Gasteiger partial charge in [-0.05, 0) is 57.7 Å². The number of nitrogens with zero attached hydrogens (tertiary/aromatic N) is 1. The van der Waals surface area contributed by atoms with Crippen molar-refractivity contribution in [3.63, 3.8) is 0 Å². The predicted octanol–water partition coefficient (Wildman–Crippen LogP) is 4.18. The summed E-state index contributed by atoms with van der Waals surface area (Å²) in [4.78, 5) is 16.0. The van der Waals surface area contributed by atoms with Gasteiger partial charge in [0.1, 0.15) is 22.3 Å². The van der Waals surface area contributed by atoms with Gasteiger partial charge in [0.25, 0.3) is 0 Å². The summed E-state index contributed by atoms with van der Waals surface area (Å²) in [6.07, 6.45) is 4.80. The zero-order valence-corrected chi connectivity index (χ0v) is 18.1. The Hall–Kier alpha value is -2.49. The number of anilines is 1. The molecule has 0 amide bonds. The Balaban J connectivity index is 0.00000320. The van der Waals surface area contributed by atoms with Crippen molar-refractivity contribution in [3.8, 4) is 0 Å². The summed E-state index contributed by atoms with van der Waals surface area (Å²) >= 11 is 3.03. The first-order valence-corrected chi connectivity index (χ1v) is 10.7. The molecule has 0 fully saturated rings. The highest BCUT2D eigenvalue weighted by atomic mass is 79.9. The van der Waals surface area contributed by atoms with Crippen LogP contribution in [0.5, 0.6) is 0 Å². The molecular formula is C21H19BrF2N2O3S. The van der Waals surface area contributed by atoms with Crippen molar-refractivity contribution in [2.45, 2.75) is 24.2 Å². The number of nitrogens with one attached hydrogen (secondary N) is 1. The Bertz CT molecular complexity index is 1010. The molecule has 3 rings (SSSR count). The Kier molecular flexibility index (Phi) is 8.76. The van der Waals surface area contributed by atoms with Crippen LogP contribution in [0.3, 0.4) is 0 Å². The average Bonchev–Trinajstić information content (AvgIpc) is 2.68. The number of halogens is 3. The zero-order valence-electron chi connectivity index (χ0n) is 15.7. The van der Waals surface area contributed by atoms with Gasteiger partial charge >= 0.3 is 0 Å². The first-order valence-electron chi connectivity index (χ1n) is 8.75. The van der Waals surface area contributed by atoms with E-state index in [-0.39, 0.29) is 20.6 Å². The molecule has 0 aliphatic carbocycles. The van der Waals surface area contributed by atoms with Crippen LogP contribution in [-0.4, -0.2) is 20.5 Å². The van der Waals surface area contributed by atoms with Gasteiger partial charge in [0.15, 0.2) is 11.0 Å². The standard InChI is InChI=1S/C21H17BrF2N2O2S.H2O/c22-19-11-16(23)12-20(24)21(19)29(28)26-17-6-3-14(4-7-17)10-18(27)8-5-15-2-1-9-25-13-15;/h1-4,6-7,9,11-13,26H,5,8,10H2;1H2. The highest BCUT2D eigenvalue weighted by Crippen LogP contribution is 2.26. The van der Waals surface area contributed by atoms with Gasteiger partial charge < -0.3 is 10.2 Å². The van der Waals surface area contributed by atoms with Crippen LogP contribution in [0, 0.1) is 11.6 Å². The number of rotatable bonds is 8. The summed E-state index contributed by atoms with van der Waals surface area (Å²) in [6.45, 7) is 0. The van der Waals surface area contributed by atoms with Gasteiger partial charge in [-0.25, -0.2) is 13.0 Å². The summed E-state index contributed by atoms with van der Waals surface area (Å²) in [7, 11) is -1.92. The average molecular weight is 497 g/mol. The second kappa shape index (κ2) is 11.1. The van der Waals surface area contributed by atoms with Gasteiger partial charge in [-0.3, -0.25) is 9.78 Å². The fourth-order valence-electron chi connectivity index (χ4n) is 2.70. The number of carbonyl (C=O) groups is 1. The molecule has 0 aliphatic rings. The van der Waals surface area contributed by atoms with Crippen molar-refractivity contribution in [1.29, 1.82) is 0 Å². The molecule has 0 radical (unpaired) electrons. The maximum atomic E-state index is 13.9. The lowest BCUT2D eigenvalue weighted by Crippen LogP contribution is -2.08. The number of carbonyl (C=O) groups excluding carboxylic acids is 1. The molecule has 0 saturated heterocycles. The predicted molar refractivity (Wildman–Crippen MR) is 115 cm³/mol.